The zero-order valence-electron chi connectivity index (χ0n) is 20.5. The number of anilines is 1. The highest BCUT2D eigenvalue weighted by Gasteiger charge is 2.29. The van der Waals surface area contributed by atoms with E-state index in [1.165, 1.54) is 0 Å². The normalized spacial score (nSPS) is 19.6. The summed E-state index contributed by atoms with van der Waals surface area (Å²) < 4.78 is 17.0. The van der Waals surface area contributed by atoms with Crippen LogP contribution in [0.25, 0.3) is 45.0 Å². The van der Waals surface area contributed by atoms with Crippen LogP contribution in [-0.4, -0.2) is 55.7 Å². The third-order valence-corrected chi connectivity index (χ3v) is 6.98. The first-order valence-corrected chi connectivity index (χ1v) is 12.6. The molecule has 0 spiro atoms. The number of nitrogens with one attached hydrogen (secondary N) is 1. The molecule has 0 bridgehead atoms. The molecule has 0 unspecified atom stereocenters. The predicted octanol–water partition coefficient (Wildman–Crippen LogP) is 4.74. The highest BCUT2D eigenvalue weighted by Crippen LogP contribution is 2.32. The van der Waals surface area contributed by atoms with Crippen molar-refractivity contribution in [3.63, 3.8) is 0 Å². The number of halogens is 1. The number of hydrogen-bond donors (Lipinski definition) is 3. The van der Waals surface area contributed by atoms with E-state index in [9.17, 15) is 5.11 Å². The molecule has 3 atom stereocenters. The van der Waals surface area contributed by atoms with Gasteiger partial charge in [0, 0.05) is 11.1 Å². The maximum Gasteiger partial charge on any atom is 0.313 e. The average Bonchev–Trinajstić information content (AvgIpc) is 3.53. The van der Waals surface area contributed by atoms with Crippen molar-refractivity contribution in [2.45, 2.75) is 25.6 Å². The van der Waals surface area contributed by atoms with Crippen LogP contribution in [-0.2, 0) is 4.74 Å². The van der Waals surface area contributed by atoms with Gasteiger partial charge in [-0.1, -0.05) is 60.0 Å². The van der Waals surface area contributed by atoms with Crippen molar-refractivity contribution in [3.05, 3.63) is 59.6 Å². The Hall–Kier alpha value is -3.99. The van der Waals surface area contributed by atoms with Gasteiger partial charge in [-0.25, -0.2) is 4.98 Å². The fourth-order valence-corrected chi connectivity index (χ4v) is 4.89. The maximum atomic E-state index is 9.39. The van der Waals surface area contributed by atoms with Crippen molar-refractivity contribution in [2.75, 3.05) is 18.9 Å². The Kier molecular flexibility index (Phi) is 6.44. The molecule has 10 nitrogen and oxygen atoms in total. The molecule has 0 aliphatic carbocycles. The summed E-state index contributed by atoms with van der Waals surface area (Å²) in [7, 11) is 0. The minimum absolute atomic E-state index is 0.00826. The third kappa shape index (κ3) is 4.81. The van der Waals surface area contributed by atoms with Gasteiger partial charge < -0.3 is 29.7 Å². The van der Waals surface area contributed by atoms with Crippen LogP contribution in [0.2, 0.25) is 5.02 Å². The van der Waals surface area contributed by atoms with Gasteiger partial charge >= 0.3 is 6.01 Å². The van der Waals surface area contributed by atoms with E-state index < -0.39 is 0 Å². The SMILES string of the molecule is C[C@H]1C[C@@H](Oc2nc3nc(-c4ccc(-c5ccc(-c6nnc(N)o6)cc5)cc4)c(Cl)cc3[nH]2)CO[C@@H]1CO. The Morgan fingerprint density at radius 3 is 2.34 bits per heavy atom. The molecule has 38 heavy (non-hydrogen) atoms. The Bertz CT molecular complexity index is 1570. The summed E-state index contributed by atoms with van der Waals surface area (Å²) >= 11 is 6.60. The number of nitrogens with two attached hydrogens (primary N) is 1. The van der Waals surface area contributed by atoms with Gasteiger partial charge in [0.05, 0.1) is 35.6 Å². The first-order chi connectivity index (χ1) is 18.5. The Balaban J connectivity index is 1.19. The lowest BCUT2D eigenvalue weighted by molar-refractivity contribution is -0.0958. The minimum atomic E-state index is -0.157. The molecule has 1 aliphatic heterocycles. The quantitative estimate of drug-likeness (QED) is 0.282. The highest BCUT2D eigenvalue weighted by atomic mass is 35.5. The summed E-state index contributed by atoms with van der Waals surface area (Å²) in [4.78, 5) is 12.4. The molecule has 2 aromatic carbocycles. The molecule has 1 fully saturated rings. The molecule has 0 saturated carbocycles. The summed E-state index contributed by atoms with van der Waals surface area (Å²) in [6, 6.07) is 18.0. The number of aromatic nitrogens is 5. The molecule has 0 radical (unpaired) electrons. The zero-order chi connectivity index (χ0) is 26.2. The predicted molar refractivity (Wildman–Crippen MR) is 142 cm³/mol. The van der Waals surface area contributed by atoms with E-state index in [-0.39, 0.29) is 30.7 Å². The number of H-pyrrole nitrogens is 1. The molecule has 6 rings (SSSR count). The van der Waals surface area contributed by atoms with E-state index in [2.05, 4.69) is 20.2 Å². The van der Waals surface area contributed by atoms with Crippen LogP contribution >= 0.6 is 11.6 Å². The lowest BCUT2D eigenvalue weighted by Gasteiger charge is -2.32. The summed E-state index contributed by atoms with van der Waals surface area (Å²) in [6.45, 7) is 2.44. The van der Waals surface area contributed by atoms with Crippen molar-refractivity contribution in [2.24, 2.45) is 5.92 Å². The van der Waals surface area contributed by atoms with E-state index in [1.807, 2.05) is 55.5 Å². The number of ether oxygens (including phenoxy) is 2. The largest absolute Gasteiger partial charge is 0.459 e. The molecule has 3 aromatic heterocycles. The number of nitrogen functional groups attached to an aromatic ring is 1. The van der Waals surface area contributed by atoms with Gasteiger partial charge in [-0.2, -0.15) is 4.98 Å². The summed E-state index contributed by atoms with van der Waals surface area (Å²) in [5.41, 5.74) is 11.1. The highest BCUT2D eigenvalue weighted by molar-refractivity contribution is 6.33. The van der Waals surface area contributed by atoms with Gasteiger partial charge in [-0.15, -0.1) is 5.10 Å². The van der Waals surface area contributed by atoms with Gasteiger partial charge in [-0.05, 0) is 41.7 Å². The maximum absolute atomic E-state index is 9.39. The number of aliphatic hydroxyl groups excluding tert-OH is 1. The van der Waals surface area contributed by atoms with E-state index in [0.717, 1.165) is 28.7 Å². The van der Waals surface area contributed by atoms with E-state index in [1.54, 1.807) is 6.07 Å². The van der Waals surface area contributed by atoms with Gasteiger partial charge in [0.1, 0.15) is 6.10 Å². The number of rotatable bonds is 6. The monoisotopic (exact) mass is 532 g/mol. The van der Waals surface area contributed by atoms with Gasteiger partial charge in [0.2, 0.25) is 5.89 Å². The second kappa shape index (κ2) is 10.1. The van der Waals surface area contributed by atoms with Crippen molar-refractivity contribution in [1.82, 2.24) is 25.1 Å². The lowest BCUT2D eigenvalue weighted by Crippen LogP contribution is -2.40. The molecular formula is C27H25ClN6O4. The van der Waals surface area contributed by atoms with Crippen LogP contribution in [0.15, 0.2) is 59.0 Å². The zero-order valence-corrected chi connectivity index (χ0v) is 21.2. The molecule has 4 N–H and O–H groups in total. The summed E-state index contributed by atoms with van der Waals surface area (Å²) in [5.74, 6) is 0.567. The molecule has 5 aromatic rings. The number of fused-ring (bicyclic) bond motifs is 1. The molecule has 4 heterocycles. The standard InChI is InChI=1S/C27H25ClN6O4/c1-14-10-19(13-36-22(14)12-35)37-27-30-21-11-20(28)23(31-24(21)32-27)17-6-2-15(3-7-17)16-4-8-18(9-5-16)25-33-34-26(29)38-25/h2-9,11,14,19,22,35H,10,12-13H2,1H3,(H2,29,34)(H,30,31,32)/t14-,19+,22+/m0/s1. The van der Waals surface area contributed by atoms with Crippen LogP contribution in [0.4, 0.5) is 6.01 Å². The summed E-state index contributed by atoms with van der Waals surface area (Å²) in [5, 5.41) is 17.5. The number of benzene rings is 2. The number of imidazole rings is 1. The minimum Gasteiger partial charge on any atom is -0.459 e. The second-order valence-corrected chi connectivity index (χ2v) is 9.75. The molecule has 11 heteroatoms. The number of aromatic amines is 1. The topological polar surface area (TPSA) is 145 Å². The Morgan fingerprint density at radius 2 is 1.71 bits per heavy atom. The van der Waals surface area contributed by atoms with Crippen LogP contribution in [0.3, 0.4) is 0 Å². The fourth-order valence-electron chi connectivity index (χ4n) is 4.63. The molecule has 194 valence electrons. The lowest BCUT2D eigenvalue weighted by atomic mass is 9.95. The fraction of sp³-hybridized carbons (Fsp3) is 0.259. The number of nitrogens with zero attached hydrogens (tertiary/aromatic N) is 4. The average molecular weight is 533 g/mol. The van der Waals surface area contributed by atoms with Crippen LogP contribution in [0, 0.1) is 5.92 Å². The van der Waals surface area contributed by atoms with Crippen LogP contribution < -0.4 is 10.5 Å². The summed E-state index contributed by atoms with van der Waals surface area (Å²) in [6.07, 6.45) is 0.452. The van der Waals surface area contributed by atoms with E-state index >= 15 is 0 Å². The first kappa shape index (κ1) is 24.4. The molecule has 1 saturated heterocycles. The Morgan fingerprint density at radius 1 is 1.03 bits per heavy atom. The number of pyridine rings is 1. The van der Waals surface area contributed by atoms with Gasteiger partial charge in [0.15, 0.2) is 5.65 Å². The van der Waals surface area contributed by atoms with Crippen LogP contribution in [0.1, 0.15) is 13.3 Å². The molecule has 1 aliphatic rings. The Labute approximate surface area is 222 Å². The van der Waals surface area contributed by atoms with E-state index in [4.69, 9.17) is 36.2 Å². The second-order valence-electron chi connectivity index (χ2n) is 9.34. The van der Waals surface area contributed by atoms with Crippen molar-refractivity contribution in [3.8, 4) is 39.8 Å². The van der Waals surface area contributed by atoms with Crippen molar-refractivity contribution in [1.29, 1.82) is 0 Å². The number of hydrogen-bond acceptors (Lipinski definition) is 9. The third-order valence-electron chi connectivity index (χ3n) is 6.69. The molecular weight excluding hydrogens is 508 g/mol. The van der Waals surface area contributed by atoms with Crippen molar-refractivity contribution < 1.29 is 19.0 Å². The van der Waals surface area contributed by atoms with Crippen LogP contribution in [0.5, 0.6) is 6.01 Å². The van der Waals surface area contributed by atoms with E-state index in [0.29, 0.717) is 40.4 Å². The number of aliphatic hydroxyl groups is 1. The first-order valence-electron chi connectivity index (χ1n) is 12.2. The van der Waals surface area contributed by atoms with Gasteiger partial charge in [0.25, 0.3) is 6.01 Å². The van der Waals surface area contributed by atoms with Crippen molar-refractivity contribution >= 4 is 28.8 Å². The molecule has 0 amide bonds. The smallest absolute Gasteiger partial charge is 0.313 e. The van der Waals surface area contributed by atoms with Gasteiger partial charge in [-0.3, -0.25) is 0 Å².